The van der Waals surface area contributed by atoms with E-state index in [1.165, 1.54) is 44.9 Å². The van der Waals surface area contributed by atoms with Crippen LogP contribution in [-0.2, 0) is 6.42 Å². The molecule has 0 heteroatoms. The van der Waals surface area contributed by atoms with Crippen molar-refractivity contribution in [3.63, 3.8) is 0 Å². The minimum absolute atomic E-state index is 0.924. The molecule has 4 rings (SSSR count). The zero-order valence-electron chi connectivity index (χ0n) is 10.6. The fourth-order valence-corrected chi connectivity index (χ4v) is 5.11. The minimum Gasteiger partial charge on any atom is -0.0620 e. The van der Waals surface area contributed by atoms with Crippen molar-refractivity contribution in [2.24, 2.45) is 17.8 Å². The number of rotatable bonds is 0. The normalized spacial score (nSPS) is 39.3. The van der Waals surface area contributed by atoms with E-state index in [4.69, 9.17) is 0 Å². The minimum atomic E-state index is 0.924. The lowest BCUT2D eigenvalue weighted by Gasteiger charge is -2.33. The van der Waals surface area contributed by atoms with E-state index in [0.717, 1.165) is 23.7 Å². The Morgan fingerprint density at radius 3 is 2.76 bits per heavy atom. The van der Waals surface area contributed by atoms with Crippen molar-refractivity contribution in [3.8, 4) is 0 Å². The molecular formula is C17H22. The molecule has 0 bridgehead atoms. The Bertz CT molecular complexity index is 420. The van der Waals surface area contributed by atoms with Crippen LogP contribution in [0.5, 0.6) is 0 Å². The maximum absolute atomic E-state index is 2.42. The number of hydrogen-bond donors (Lipinski definition) is 0. The summed E-state index contributed by atoms with van der Waals surface area (Å²) >= 11 is 0. The molecule has 0 amide bonds. The van der Waals surface area contributed by atoms with Gasteiger partial charge in [-0.05, 0) is 60.5 Å². The summed E-state index contributed by atoms with van der Waals surface area (Å²) in [6.45, 7) is 0. The van der Waals surface area contributed by atoms with Crippen LogP contribution in [0.15, 0.2) is 24.3 Å². The second kappa shape index (κ2) is 3.86. The summed E-state index contributed by atoms with van der Waals surface area (Å²) in [7, 11) is 0. The van der Waals surface area contributed by atoms with Crippen LogP contribution < -0.4 is 0 Å². The van der Waals surface area contributed by atoms with Crippen molar-refractivity contribution in [2.75, 3.05) is 0 Å². The van der Waals surface area contributed by atoms with Gasteiger partial charge in [0.2, 0.25) is 0 Å². The van der Waals surface area contributed by atoms with Gasteiger partial charge >= 0.3 is 0 Å². The van der Waals surface area contributed by atoms with Crippen LogP contribution in [0.2, 0.25) is 0 Å². The van der Waals surface area contributed by atoms with Gasteiger partial charge in [0.15, 0.2) is 0 Å². The first kappa shape index (κ1) is 10.2. The highest BCUT2D eigenvalue weighted by Crippen LogP contribution is 2.56. The highest BCUT2D eigenvalue weighted by atomic mass is 14.5. The van der Waals surface area contributed by atoms with E-state index in [2.05, 4.69) is 24.3 Å². The number of hydrogen-bond acceptors (Lipinski definition) is 0. The molecule has 0 aromatic heterocycles. The Morgan fingerprint density at radius 1 is 0.882 bits per heavy atom. The lowest BCUT2D eigenvalue weighted by molar-refractivity contribution is 0.214. The molecule has 4 atom stereocenters. The maximum atomic E-state index is 2.42. The van der Waals surface area contributed by atoms with Crippen LogP contribution >= 0.6 is 0 Å². The summed E-state index contributed by atoms with van der Waals surface area (Å²) in [6.07, 6.45) is 10.4. The van der Waals surface area contributed by atoms with Gasteiger partial charge in [-0.15, -0.1) is 0 Å². The van der Waals surface area contributed by atoms with Crippen LogP contribution in [0.1, 0.15) is 55.6 Å². The Kier molecular flexibility index (Phi) is 2.31. The summed E-state index contributed by atoms with van der Waals surface area (Å²) in [4.78, 5) is 0. The molecule has 0 heterocycles. The Morgan fingerprint density at radius 2 is 1.76 bits per heavy atom. The van der Waals surface area contributed by atoms with E-state index in [0.29, 0.717) is 0 Å². The molecule has 17 heavy (non-hydrogen) atoms. The smallest absolute Gasteiger partial charge is 0.0125 e. The van der Waals surface area contributed by atoms with Gasteiger partial charge < -0.3 is 0 Å². The van der Waals surface area contributed by atoms with Crippen LogP contribution in [0.3, 0.4) is 0 Å². The summed E-state index contributed by atoms with van der Waals surface area (Å²) in [5.41, 5.74) is 3.38. The predicted molar refractivity (Wildman–Crippen MR) is 71.1 cm³/mol. The van der Waals surface area contributed by atoms with Gasteiger partial charge in [-0.25, -0.2) is 0 Å². The zero-order chi connectivity index (χ0) is 11.2. The van der Waals surface area contributed by atoms with E-state index < -0.39 is 0 Å². The third kappa shape index (κ3) is 1.49. The maximum Gasteiger partial charge on any atom is -0.0125 e. The molecule has 3 aliphatic rings. The predicted octanol–water partition coefficient (Wildman–Crippen LogP) is 4.54. The molecule has 0 aliphatic heterocycles. The average Bonchev–Trinajstić information content (AvgIpc) is 2.78. The highest BCUT2D eigenvalue weighted by molar-refractivity contribution is 5.35. The third-order valence-corrected chi connectivity index (χ3v) is 5.79. The standard InChI is InChI=1S/C17H22/c1-3-7-14-12(5-1)9-10-16-15-8-4-2-6-13(15)11-17(14)16/h1,3,5,7,13,15-17H,2,4,6,8-11H2/t13?,15-,16+,17-/m1/s1. The van der Waals surface area contributed by atoms with Gasteiger partial charge in [-0.2, -0.15) is 0 Å². The summed E-state index contributed by atoms with van der Waals surface area (Å²) < 4.78 is 0. The molecule has 90 valence electrons. The Balaban J connectivity index is 1.71. The lowest BCUT2D eigenvalue weighted by Crippen LogP contribution is -2.23. The molecule has 2 fully saturated rings. The van der Waals surface area contributed by atoms with Gasteiger partial charge in [0.25, 0.3) is 0 Å². The number of fused-ring (bicyclic) bond motifs is 5. The van der Waals surface area contributed by atoms with E-state index in [9.17, 15) is 0 Å². The van der Waals surface area contributed by atoms with Gasteiger partial charge in [-0.3, -0.25) is 0 Å². The quantitative estimate of drug-likeness (QED) is 0.609. The van der Waals surface area contributed by atoms with E-state index in [1.807, 2.05) is 0 Å². The van der Waals surface area contributed by atoms with Crippen molar-refractivity contribution in [2.45, 2.75) is 50.9 Å². The summed E-state index contributed by atoms with van der Waals surface area (Å²) in [5, 5.41) is 0. The first-order chi connectivity index (χ1) is 8.43. The number of benzene rings is 1. The van der Waals surface area contributed by atoms with Gasteiger partial charge in [0, 0.05) is 0 Å². The summed E-state index contributed by atoms with van der Waals surface area (Å²) in [5.74, 6) is 4.12. The van der Waals surface area contributed by atoms with E-state index >= 15 is 0 Å². The van der Waals surface area contributed by atoms with Crippen molar-refractivity contribution < 1.29 is 0 Å². The molecule has 3 aliphatic carbocycles. The average molecular weight is 226 g/mol. The molecular weight excluding hydrogens is 204 g/mol. The molecule has 0 N–H and O–H groups in total. The lowest BCUT2D eigenvalue weighted by atomic mass is 9.72. The summed E-state index contributed by atoms with van der Waals surface area (Å²) in [6, 6.07) is 9.27. The van der Waals surface area contributed by atoms with Gasteiger partial charge in [-0.1, -0.05) is 43.5 Å². The molecule has 1 unspecified atom stereocenters. The first-order valence-electron chi connectivity index (χ1n) is 7.51. The fraction of sp³-hybridized carbons (Fsp3) is 0.647. The van der Waals surface area contributed by atoms with Crippen molar-refractivity contribution in [3.05, 3.63) is 35.4 Å². The molecule has 0 radical (unpaired) electrons. The molecule has 0 spiro atoms. The van der Waals surface area contributed by atoms with Crippen LogP contribution in [-0.4, -0.2) is 0 Å². The molecule has 0 nitrogen and oxygen atoms in total. The van der Waals surface area contributed by atoms with Crippen molar-refractivity contribution in [1.82, 2.24) is 0 Å². The Labute approximate surface area is 104 Å². The van der Waals surface area contributed by atoms with Crippen LogP contribution in [0.4, 0.5) is 0 Å². The van der Waals surface area contributed by atoms with Gasteiger partial charge in [0.05, 0.1) is 0 Å². The largest absolute Gasteiger partial charge is 0.0620 e. The van der Waals surface area contributed by atoms with Crippen molar-refractivity contribution in [1.29, 1.82) is 0 Å². The first-order valence-corrected chi connectivity index (χ1v) is 7.51. The van der Waals surface area contributed by atoms with E-state index in [1.54, 1.807) is 11.1 Å². The van der Waals surface area contributed by atoms with Crippen LogP contribution in [0.25, 0.3) is 0 Å². The molecule has 1 aromatic rings. The zero-order valence-corrected chi connectivity index (χ0v) is 10.6. The second-order valence-corrected chi connectivity index (χ2v) is 6.45. The van der Waals surface area contributed by atoms with Gasteiger partial charge in [0.1, 0.15) is 0 Å². The third-order valence-electron chi connectivity index (χ3n) is 5.79. The number of aryl methyl sites for hydroxylation is 1. The highest BCUT2D eigenvalue weighted by Gasteiger charge is 2.45. The SMILES string of the molecule is c1ccc2c(c1)CC[C@@H]1[C@@H]2CC2CCCC[C@H]21. The monoisotopic (exact) mass is 226 g/mol. The second-order valence-electron chi connectivity index (χ2n) is 6.45. The van der Waals surface area contributed by atoms with E-state index in [-0.39, 0.29) is 0 Å². The Hall–Kier alpha value is -0.780. The van der Waals surface area contributed by atoms with Crippen LogP contribution in [0, 0.1) is 17.8 Å². The fourth-order valence-electron chi connectivity index (χ4n) is 5.11. The van der Waals surface area contributed by atoms with Crippen molar-refractivity contribution >= 4 is 0 Å². The topological polar surface area (TPSA) is 0 Å². The molecule has 0 saturated heterocycles. The molecule has 2 saturated carbocycles. The molecule has 1 aromatic carbocycles.